The maximum atomic E-state index is 11.9. The fraction of sp³-hybridized carbons (Fsp3) is 0.500. The molecule has 1 atom stereocenters. The van der Waals surface area contributed by atoms with Crippen molar-refractivity contribution >= 4 is 16.8 Å². The maximum Gasteiger partial charge on any atom is 0.303 e. The molecule has 0 heterocycles. The van der Waals surface area contributed by atoms with Gasteiger partial charge in [0.15, 0.2) is 0 Å². The Morgan fingerprint density at radius 3 is 2.58 bits per heavy atom. The molecule has 5 heteroatoms. The van der Waals surface area contributed by atoms with Gasteiger partial charge in [-0.05, 0) is 23.8 Å². The number of carboxylic acid groups (broad SMARTS) is 1. The second-order valence-electron chi connectivity index (χ2n) is 5.11. The predicted molar refractivity (Wildman–Crippen MR) is 73.0 cm³/mol. The molecule has 1 unspecified atom stereocenters. The van der Waals surface area contributed by atoms with Crippen molar-refractivity contribution < 1.29 is 18.8 Å². The summed E-state index contributed by atoms with van der Waals surface area (Å²) >= 11 is 0. The maximum absolute atomic E-state index is 11.9. The van der Waals surface area contributed by atoms with Crippen molar-refractivity contribution in [3.63, 3.8) is 0 Å². The number of benzene rings is 1. The summed E-state index contributed by atoms with van der Waals surface area (Å²) in [5.74, 6) is -0.190. The Morgan fingerprint density at radius 1 is 1.32 bits per heavy atom. The van der Waals surface area contributed by atoms with Gasteiger partial charge in [0, 0.05) is 16.6 Å². The van der Waals surface area contributed by atoms with Crippen LogP contribution in [0.5, 0.6) is 0 Å². The Balaban J connectivity index is 1.69. The van der Waals surface area contributed by atoms with Gasteiger partial charge in [0.2, 0.25) is 0 Å². The highest BCUT2D eigenvalue weighted by Crippen LogP contribution is 2.49. The van der Waals surface area contributed by atoms with Crippen LogP contribution in [0.25, 0.3) is 0 Å². The largest absolute Gasteiger partial charge is 0.481 e. The monoisotopic (exact) mass is 282 g/mol. The highest BCUT2D eigenvalue weighted by atomic mass is 32.2. The highest BCUT2D eigenvalue weighted by molar-refractivity contribution is 7.84. The minimum atomic E-state index is -1.10. The van der Waals surface area contributed by atoms with Gasteiger partial charge in [-0.3, -0.25) is 9.00 Å². The van der Waals surface area contributed by atoms with Crippen LogP contribution in [0.15, 0.2) is 30.3 Å². The van der Waals surface area contributed by atoms with E-state index in [2.05, 4.69) is 0 Å². The molecule has 1 aliphatic carbocycles. The molecule has 4 nitrogen and oxygen atoms in total. The van der Waals surface area contributed by atoms with E-state index < -0.39 is 16.8 Å². The summed E-state index contributed by atoms with van der Waals surface area (Å²) in [5, 5.41) is 8.80. The molecule has 0 amide bonds. The molecule has 1 aromatic carbocycles. The molecule has 0 aromatic heterocycles. The van der Waals surface area contributed by atoms with Crippen molar-refractivity contribution in [3.05, 3.63) is 35.9 Å². The number of ether oxygens (including phenoxy) is 1. The van der Waals surface area contributed by atoms with Crippen molar-refractivity contribution in [2.75, 3.05) is 11.7 Å². The van der Waals surface area contributed by atoms with Crippen LogP contribution in [0.1, 0.15) is 24.8 Å². The summed E-state index contributed by atoms with van der Waals surface area (Å²) in [6.45, 7) is 0.443. The number of carboxylic acids is 1. The Hall–Kier alpha value is -1.20. The van der Waals surface area contributed by atoms with E-state index in [4.69, 9.17) is 9.84 Å². The van der Waals surface area contributed by atoms with Gasteiger partial charge in [0.25, 0.3) is 0 Å². The number of rotatable bonds is 8. The summed E-state index contributed by atoms with van der Waals surface area (Å²) in [5.41, 5.74) is 0.818. The minimum absolute atomic E-state index is 0.122. The topological polar surface area (TPSA) is 63.6 Å². The quantitative estimate of drug-likeness (QED) is 0.793. The second kappa shape index (κ2) is 6.30. The van der Waals surface area contributed by atoms with E-state index in [1.807, 2.05) is 30.3 Å². The molecule has 1 aliphatic rings. The first-order chi connectivity index (χ1) is 9.10. The number of hydrogen-bond donors (Lipinski definition) is 1. The lowest BCUT2D eigenvalue weighted by Crippen LogP contribution is -2.19. The van der Waals surface area contributed by atoms with Gasteiger partial charge in [0.1, 0.15) is 5.94 Å². The third-order valence-corrected chi connectivity index (χ3v) is 4.64. The molecule has 0 spiro atoms. The molecule has 0 saturated heterocycles. The van der Waals surface area contributed by atoms with Crippen LogP contribution in [0.3, 0.4) is 0 Å². The fourth-order valence-electron chi connectivity index (χ4n) is 2.08. The lowest BCUT2D eigenvalue weighted by atomic mass is 10.1. The molecule has 1 aromatic rings. The van der Waals surface area contributed by atoms with Crippen molar-refractivity contribution in [2.24, 2.45) is 5.41 Å². The first-order valence-electron chi connectivity index (χ1n) is 6.28. The van der Waals surface area contributed by atoms with Crippen molar-refractivity contribution in [1.29, 1.82) is 0 Å². The Bertz CT molecular complexity index is 454. The standard InChI is InChI=1S/C14H18O4S/c15-13(16)8-14(6-7-14)10-19(17)11-18-9-12-4-2-1-3-5-12/h1-5H,6-11H2,(H,15,16). The second-order valence-corrected chi connectivity index (χ2v) is 6.51. The zero-order chi connectivity index (χ0) is 13.7. The third-order valence-electron chi connectivity index (χ3n) is 3.28. The van der Waals surface area contributed by atoms with Crippen molar-refractivity contribution in [1.82, 2.24) is 0 Å². The molecule has 0 bridgehead atoms. The van der Waals surface area contributed by atoms with Gasteiger partial charge in [-0.1, -0.05) is 30.3 Å². The molecule has 0 radical (unpaired) electrons. The van der Waals surface area contributed by atoms with Crippen molar-refractivity contribution in [3.8, 4) is 0 Å². The van der Waals surface area contributed by atoms with Crippen LogP contribution in [0.2, 0.25) is 0 Å². The first kappa shape index (κ1) is 14.2. The van der Waals surface area contributed by atoms with Gasteiger partial charge in [-0.25, -0.2) is 0 Å². The van der Waals surface area contributed by atoms with Gasteiger partial charge in [0.05, 0.1) is 13.0 Å². The summed E-state index contributed by atoms with van der Waals surface area (Å²) in [6.07, 6.45) is 1.85. The lowest BCUT2D eigenvalue weighted by Gasteiger charge is -2.12. The van der Waals surface area contributed by atoms with Crippen molar-refractivity contribution in [2.45, 2.75) is 25.9 Å². The minimum Gasteiger partial charge on any atom is -0.481 e. The number of hydrogen-bond acceptors (Lipinski definition) is 3. The van der Waals surface area contributed by atoms with Crippen LogP contribution in [0.4, 0.5) is 0 Å². The summed E-state index contributed by atoms with van der Waals surface area (Å²) in [6, 6.07) is 9.71. The van der Waals surface area contributed by atoms with E-state index in [1.54, 1.807) is 0 Å². The summed E-state index contributed by atoms with van der Waals surface area (Å²) < 4.78 is 17.3. The van der Waals surface area contributed by atoms with E-state index in [0.29, 0.717) is 12.4 Å². The van der Waals surface area contributed by atoms with E-state index in [0.717, 1.165) is 18.4 Å². The van der Waals surface area contributed by atoms with Crippen LogP contribution in [0, 0.1) is 5.41 Å². The SMILES string of the molecule is O=C(O)CC1(CS(=O)COCc2ccccc2)CC1. The molecule has 1 N–H and O–H groups in total. The summed E-state index contributed by atoms with van der Waals surface area (Å²) in [7, 11) is -1.10. The molecule has 1 fully saturated rings. The predicted octanol–water partition coefficient (Wildman–Crippen LogP) is 2.16. The zero-order valence-corrected chi connectivity index (χ0v) is 11.5. The van der Waals surface area contributed by atoms with Crippen LogP contribution in [-0.2, 0) is 26.9 Å². The molecular weight excluding hydrogens is 264 g/mol. The van der Waals surface area contributed by atoms with E-state index >= 15 is 0 Å². The van der Waals surface area contributed by atoms with Crippen LogP contribution >= 0.6 is 0 Å². The van der Waals surface area contributed by atoms with Crippen LogP contribution < -0.4 is 0 Å². The summed E-state index contributed by atoms with van der Waals surface area (Å²) in [4.78, 5) is 10.7. The Morgan fingerprint density at radius 2 is 2.00 bits per heavy atom. The van der Waals surface area contributed by atoms with Gasteiger partial charge < -0.3 is 9.84 Å². The average Bonchev–Trinajstić information content (AvgIpc) is 3.08. The molecular formula is C14H18O4S. The fourth-order valence-corrected chi connectivity index (χ4v) is 3.51. The highest BCUT2D eigenvalue weighted by Gasteiger charge is 2.45. The van der Waals surface area contributed by atoms with E-state index in [1.165, 1.54) is 0 Å². The average molecular weight is 282 g/mol. The molecule has 19 heavy (non-hydrogen) atoms. The molecule has 104 valence electrons. The number of carbonyl (C=O) groups is 1. The molecule has 2 rings (SSSR count). The zero-order valence-electron chi connectivity index (χ0n) is 10.7. The Labute approximate surface area is 115 Å². The normalized spacial score (nSPS) is 17.9. The first-order valence-corrected chi connectivity index (χ1v) is 7.77. The van der Waals surface area contributed by atoms with Gasteiger partial charge >= 0.3 is 5.97 Å². The third kappa shape index (κ3) is 4.76. The molecule has 0 aliphatic heterocycles. The number of aliphatic carboxylic acids is 1. The van der Waals surface area contributed by atoms with Gasteiger partial charge in [-0.2, -0.15) is 0 Å². The van der Waals surface area contributed by atoms with E-state index in [9.17, 15) is 9.00 Å². The van der Waals surface area contributed by atoms with Crippen LogP contribution in [-0.4, -0.2) is 27.0 Å². The smallest absolute Gasteiger partial charge is 0.303 e. The lowest BCUT2D eigenvalue weighted by molar-refractivity contribution is -0.138. The van der Waals surface area contributed by atoms with Gasteiger partial charge in [-0.15, -0.1) is 0 Å². The van der Waals surface area contributed by atoms with E-state index in [-0.39, 0.29) is 17.8 Å². The Kier molecular flexibility index (Phi) is 4.71. The molecule has 1 saturated carbocycles.